The Morgan fingerprint density at radius 2 is 1.59 bits per heavy atom. The van der Waals surface area contributed by atoms with Gasteiger partial charge in [0.25, 0.3) is 11.8 Å². The number of para-hydroxylation sites is 1. The number of halogens is 1. The second-order valence-electron chi connectivity index (χ2n) is 6.43. The Morgan fingerprint density at radius 1 is 0.897 bits per heavy atom. The summed E-state index contributed by atoms with van der Waals surface area (Å²) >= 11 is 2.19. The second-order valence-corrected chi connectivity index (χ2v) is 7.67. The van der Waals surface area contributed by atoms with Crippen molar-refractivity contribution in [3.8, 4) is 5.75 Å². The van der Waals surface area contributed by atoms with Crippen LogP contribution in [0.3, 0.4) is 0 Å². The predicted octanol–water partition coefficient (Wildman–Crippen LogP) is 4.33. The normalized spacial score (nSPS) is 14.9. The molecule has 1 saturated heterocycles. The molecule has 0 saturated carbocycles. The van der Waals surface area contributed by atoms with Crippen molar-refractivity contribution in [1.29, 1.82) is 0 Å². The molecular formula is C23H17IN2O3. The maximum Gasteiger partial charge on any atom is 0.282 e. The molecule has 0 spiro atoms. The Morgan fingerprint density at radius 3 is 2.34 bits per heavy atom. The fraction of sp³-hybridized carbons (Fsp3) is 0.0435. The molecular weight excluding hydrogens is 479 g/mol. The summed E-state index contributed by atoms with van der Waals surface area (Å²) in [6.45, 7) is 0.399. The zero-order valence-electron chi connectivity index (χ0n) is 15.3. The number of carbonyl (C=O) groups is 2. The number of amides is 2. The van der Waals surface area contributed by atoms with Crippen LogP contribution in [-0.4, -0.2) is 11.8 Å². The van der Waals surface area contributed by atoms with Crippen LogP contribution in [0.15, 0.2) is 84.4 Å². The van der Waals surface area contributed by atoms with Crippen molar-refractivity contribution in [3.63, 3.8) is 0 Å². The van der Waals surface area contributed by atoms with E-state index in [9.17, 15) is 9.59 Å². The summed E-state index contributed by atoms with van der Waals surface area (Å²) in [5.41, 5.74) is 5.01. The number of benzene rings is 3. The smallest absolute Gasteiger partial charge is 0.282 e. The number of hydrogen-bond donors (Lipinski definition) is 1. The van der Waals surface area contributed by atoms with Crippen LogP contribution in [0.5, 0.6) is 5.75 Å². The number of hydrazine groups is 1. The number of nitrogens with zero attached hydrogens (tertiary/aromatic N) is 1. The molecule has 5 nitrogen and oxygen atoms in total. The summed E-state index contributed by atoms with van der Waals surface area (Å²) in [5, 5.41) is 1.26. The molecule has 2 amide bonds. The fourth-order valence-electron chi connectivity index (χ4n) is 2.95. The molecule has 3 aromatic carbocycles. The van der Waals surface area contributed by atoms with Crippen LogP contribution in [0.1, 0.15) is 11.1 Å². The number of rotatable bonds is 5. The molecule has 6 heteroatoms. The number of carbonyl (C=O) groups excluding carboxylic acids is 2. The predicted molar refractivity (Wildman–Crippen MR) is 120 cm³/mol. The first-order valence-corrected chi connectivity index (χ1v) is 10.1. The molecule has 1 N–H and O–H groups in total. The number of nitrogens with one attached hydrogen (secondary N) is 1. The highest BCUT2D eigenvalue weighted by molar-refractivity contribution is 14.1. The molecule has 0 bridgehead atoms. The highest BCUT2D eigenvalue weighted by Crippen LogP contribution is 2.26. The highest BCUT2D eigenvalue weighted by atomic mass is 127. The summed E-state index contributed by atoms with van der Waals surface area (Å²) in [6.07, 6.45) is 1.57. The lowest BCUT2D eigenvalue weighted by atomic mass is 10.1. The number of ether oxygens (including phenoxy) is 1. The van der Waals surface area contributed by atoms with E-state index in [1.54, 1.807) is 18.2 Å². The zero-order valence-corrected chi connectivity index (χ0v) is 17.5. The van der Waals surface area contributed by atoms with E-state index < -0.39 is 11.8 Å². The summed E-state index contributed by atoms with van der Waals surface area (Å²) in [5.74, 6) is -0.224. The number of hydrogen-bond acceptors (Lipinski definition) is 3. The monoisotopic (exact) mass is 496 g/mol. The average Bonchev–Trinajstić information content (AvgIpc) is 3.03. The van der Waals surface area contributed by atoms with Gasteiger partial charge in [-0.25, -0.2) is 5.01 Å². The lowest BCUT2D eigenvalue weighted by Crippen LogP contribution is -2.35. The van der Waals surface area contributed by atoms with Crippen LogP contribution in [-0.2, 0) is 16.2 Å². The number of anilines is 1. The van der Waals surface area contributed by atoms with Crippen molar-refractivity contribution in [2.45, 2.75) is 6.61 Å². The van der Waals surface area contributed by atoms with Crippen LogP contribution < -0.4 is 15.2 Å². The van der Waals surface area contributed by atoms with E-state index in [0.29, 0.717) is 23.6 Å². The minimum atomic E-state index is -0.439. The first-order valence-electron chi connectivity index (χ1n) is 9.00. The van der Waals surface area contributed by atoms with Gasteiger partial charge in [0.2, 0.25) is 0 Å². The maximum absolute atomic E-state index is 12.8. The fourth-order valence-corrected chi connectivity index (χ4v) is 3.31. The van der Waals surface area contributed by atoms with Crippen LogP contribution in [0, 0.1) is 3.57 Å². The van der Waals surface area contributed by atoms with Gasteiger partial charge in [-0.15, -0.1) is 0 Å². The third kappa shape index (κ3) is 4.32. The van der Waals surface area contributed by atoms with Crippen molar-refractivity contribution in [3.05, 3.63) is 99.1 Å². The van der Waals surface area contributed by atoms with Crippen molar-refractivity contribution >= 4 is 46.2 Å². The molecule has 0 atom stereocenters. The Balaban J connectivity index is 1.58. The molecule has 0 aromatic heterocycles. The molecule has 0 aliphatic carbocycles. The van der Waals surface area contributed by atoms with Gasteiger partial charge < -0.3 is 4.74 Å². The van der Waals surface area contributed by atoms with Gasteiger partial charge in [0, 0.05) is 9.13 Å². The topological polar surface area (TPSA) is 58.6 Å². The summed E-state index contributed by atoms with van der Waals surface area (Å²) in [6, 6.07) is 24.5. The van der Waals surface area contributed by atoms with Crippen LogP contribution in [0.25, 0.3) is 6.08 Å². The SMILES string of the molecule is O=C1NN(c2ccc(I)cc2)C(=O)/C1=C\c1ccccc1OCc1ccccc1. The molecule has 4 rings (SSSR count). The van der Waals surface area contributed by atoms with E-state index in [1.807, 2.05) is 66.7 Å². The molecule has 1 aliphatic rings. The van der Waals surface area contributed by atoms with Gasteiger partial charge in [-0.2, -0.15) is 0 Å². The molecule has 1 fully saturated rings. The van der Waals surface area contributed by atoms with Gasteiger partial charge in [-0.1, -0.05) is 48.5 Å². The third-order valence-electron chi connectivity index (χ3n) is 4.43. The molecule has 144 valence electrons. The largest absolute Gasteiger partial charge is 0.488 e. The van der Waals surface area contributed by atoms with Gasteiger partial charge in [0.15, 0.2) is 0 Å². The van der Waals surface area contributed by atoms with Crippen molar-refractivity contribution in [2.75, 3.05) is 5.01 Å². The van der Waals surface area contributed by atoms with Gasteiger partial charge >= 0.3 is 0 Å². The van der Waals surface area contributed by atoms with E-state index in [4.69, 9.17) is 4.74 Å². The summed E-state index contributed by atoms with van der Waals surface area (Å²) < 4.78 is 6.97. The van der Waals surface area contributed by atoms with Crippen molar-refractivity contribution in [1.82, 2.24) is 5.43 Å². The Bertz CT molecular complexity index is 1080. The van der Waals surface area contributed by atoms with Gasteiger partial charge in [0.1, 0.15) is 17.9 Å². The van der Waals surface area contributed by atoms with Gasteiger partial charge in [0.05, 0.1) is 5.69 Å². The van der Waals surface area contributed by atoms with E-state index in [1.165, 1.54) is 5.01 Å². The molecule has 0 radical (unpaired) electrons. The first kappa shape index (κ1) is 19.2. The molecule has 3 aromatic rings. The van der Waals surface area contributed by atoms with E-state index >= 15 is 0 Å². The first-order chi connectivity index (χ1) is 14.1. The lowest BCUT2D eigenvalue weighted by molar-refractivity contribution is -0.117. The highest BCUT2D eigenvalue weighted by Gasteiger charge is 2.34. The van der Waals surface area contributed by atoms with Crippen molar-refractivity contribution < 1.29 is 14.3 Å². The van der Waals surface area contributed by atoms with E-state index in [-0.39, 0.29) is 5.57 Å². The van der Waals surface area contributed by atoms with Crippen LogP contribution in [0.2, 0.25) is 0 Å². The minimum absolute atomic E-state index is 0.0688. The quantitative estimate of drug-likeness (QED) is 0.325. The van der Waals surface area contributed by atoms with Crippen LogP contribution in [0.4, 0.5) is 5.69 Å². The van der Waals surface area contributed by atoms with E-state index in [0.717, 1.165) is 9.13 Å². The lowest BCUT2D eigenvalue weighted by Gasteiger charge is -2.14. The van der Waals surface area contributed by atoms with Gasteiger partial charge in [-0.3, -0.25) is 15.0 Å². The molecule has 0 unspecified atom stereocenters. The minimum Gasteiger partial charge on any atom is -0.488 e. The molecule has 29 heavy (non-hydrogen) atoms. The van der Waals surface area contributed by atoms with E-state index in [2.05, 4.69) is 28.0 Å². The molecule has 1 heterocycles. The summed E-state index contributed by atoms with van der Waals surface area (Å²) in [4.78, 5) is 25.3. The Labute approximate surface area is 182 Å². The van der Waals surface area contributed by atoms with Crippen LogP contribution >= 0.6 is 22.6 Å². The standard InChI is InChI=1S/C23H17IN2O3/c24-18-10-12-19(13-11-18)26-23(28)20(22(27)25-26)14-17-8-4-5-9-21(17)29-15-16-6-2-1-3-7-16/h1-14H,15H2,(H,25,27)/b20-14-. The Hall–Kier alpha value is -3.13. The molecule has 1 aliphatic heterocycles. The third-order valence-corrected chi connectivity index (χ3v) is 5.15. The Kier molecular flexibility index (Phi) is 5.62. The maximum atomic E-state index is 12.8. The van der Waals surface area contributed by atoms with Crippen molar-refractivity contribution in [2.24, 2.45) is 0 Å². The zero-order chi connectivity index (χ0) is 20.2. The second kappa shape index (κ2) is 8.48. The summed E-state index contributed by atoms with van der Waals surface area (Å²) in [7, 11) is 0. The van der Waals surface area contributed by atoms with Gasteiger partial charge in [-0.05, 0) is 64.6 Å². The average molecular weight is 496 g/mol.